The number of amides is 4. The molecule has 1 aliphatic carbocycles. The van der Waals surface area contributed by atoms with Crippen LogP contribution >= 0.6 is 0 Å². The van der Waals surface area contributed by atoms with Gasteiger partial charge in [-0.1, -0.05) is 5.21 Å². The van der Waals surface area contributed by atoms with E-state index >= 15 is 0 Å². The van der Waals surface area contributed by atoms with Gasteiger partial charge in [-0.25, -0.2) is 9.48 Å². The Labute approximate surface area is 335 Å². The predicted molar refractivity (Wildman–Crippen MR) is 204 cm³/mol. The number of ether oxygens (including phenoxy) is 9. The average Bonchev–Trinajstić information content (AvgIpc) is 3.77. The van der Waals surface area contributed by atoms with Crippen LogP contribution in [0.4, 0.5) is 4.79 Å². The summed E-state index contributed by atoms with van der Waals surface area (Å²) in [5.41, 5.74) is 0.147. The summed E-state index contributed by atoms with van der Waals surface area (Å²) in [5.74, 6) is -0.381. The van der Waals surface area contributed by atoms with Crippen molar-refractivity contribution in [3.63, 3.8) is 0 Å². The summed E-state index contributed by atoms with van der Waals surface area (Å²) in [4.78, 5) is 49.1. The lowest BCUT2D eigenvalue weighted by atomic mass is 9.81. The molecular weight excluding hydrogens is 748 g/mol. The predicted octanol–water partition coefficient (Wildman–Crippen LogP) is 1.28. The van der Waals surface area contributed by atoms with Crippen LogP contribution in [-0.4, -0.2) is 168 Å². The van der Waals surface area contributed by atoms with Crippen LogP contribution in [0.5, 0.6) is 0 Å². The summed E-state index contributed by atoms with van der Waals surface area (Å²) < 4.78 is 50.8. The maximum Gasteiger partial charge on any atom is 0.407 e. The molecule has 0 unspecified atom stereocenters. The van der Waals surface area contributed by atoms with Gasteiger partial charge in [-0.15, -0.1) is 5.10 Å². The Bertz CT molecular complexity index is 1300. The van der Waals surface area contributed by atoms with Crippen molar-refractivity contribution in [1.29, 1.82) is 0 Å². The minimum Gasteiger partial charge on any atom is -0.444 e. The molecule has 1 saturated carbocycles. The zero-order chi connectivity index (χ0) is 41.0. The van der Waals surface area contributed by atoms with E-state index in [4.69, 9.17) is 42.6 Å². The lowest BCUT2D eigenvalue weighted by molar-refractivity contribution is -0.138. The van der Waals surface area contributed by atoms with Crippen molar-refractivity contribution in [3.8, 4) is 0 Å². The molecule has 2 aliphatic rings. The molecule has 0 atom stereocenters. The van der Waals surface area contributed by atoms with Crippen molar-refractivity contribution in [1.82, 2.24) is 30.5 Å². The standard InChI is InChI=1S/C38H64N6O13/c1-38(2,3)57-37(48)39-10-12-49-14-16-51-18-20-53-22-24-55-26-27-56-25-23-54-21-19-52-17-15-50-13-11-43-30-33(41-42-43)28-40-36(47)32-6-4-31(5-7-32)29-44-34(45)8-9-35(44)46/h8-9,30-32H,4-7,10-29H2,1-3H3,(H,39,48)(H,40,47). The Morgan fingerprint density at radius 2 is 1.12 bits per heavy atom. The lowest BCUT2D eigenvalue weighted by Crippen LogP contribution is -2.38. The third-order valence-corrected chi connectivity index (χ3v) is 8.57. The first-order valence-corrected chi connectivity index (χ1v) is 19.9. The summed E-state index contributed by atoms with van der Waals surface area (Å²) in [5, 5.41) is 13.8. The summed E-state index contributed by atoms with van der Waals surface area (Å²) in [7, 11) is 0. The number of hydrogen-bond donors (Lipinski definition) is 2. The summed E-state index contributed by atoms with van der Waals surface area (Å²) in [6.45, 7) is 14.3. The van der Waals surface area contributed by atoms with Gasteiger partial charge in [0.2, 0.25) is 5.91 Å². The van der Waals surface area contributed by atoms with E-state index in [0.29, 0.717) is 138 Å². The zero-order valence-corrected chi connectivity index (χ0v) is 34.0. The first-order valence-electron chi connectivity index (χ1n) is 19.9. The molecule has 3 rings (SSSR count). The van der Waals surface area contributed by atoms with Gasteiger partial charge in [-0.3, -0.25) is 19.3 Å². The van der Waals surface area contributed by atoms with Crippen LogP contribution < -0.4 is 10.6 Å². The fourth-order valence-corrected chi connectivity index (χ4v) is 5.67. The molecule has 19 nitrogen and oxygen atoms in total. The van der Waals surface area contributed by atoms with Crippen molar-refractivity contribution in [2.24, 2.45) is 11.8 Å². The fraction of sp³-hybridized carbons (Fsp3) is 0.789. The Balaban J connectivity index is 0.989. The molecule has 324 valence electrons. The second-order valence-corrected chi connectivity index (χ2v) is 14.4. The number of rotatable bonds is 32. The third kappa shape index (κ3) is 22.8. The van der Waals surface area contributed by atoms with E-state index in [2.05, 4.69) is 20.9 Å². The Hall–Kier alpha value is -3.56. The number of carbonyl (C=O) groups excluding carboxylic acids is 4. The molecule has 1 fully saturated rings. The number of imide groups is 1. The number of nitrogens with one attached hydrogen (secondary N) is 2. The van der Waals surface area contributed by atoms with Gasteiger partial charge in [0, 0.05) is 31.2 Å². The largest absolute Gasteiger partial charge is 0.444 e. The smallest absolute Gasteiger partial charge is 0.407 e. The van der Waals surface area contributed by atoms with Crippen LogP contribution in [0.25, 0.3) is 0 Å². The molecule has 19 heteroatoms. The number of carbonyl (C=O) groups is 4. The van der Waals surface area contributed by atoms with E-state index in [0.717, 1.165) is 25.7 Å². The van der Waals surface area contributed by atoms with Crippen molar-refractivity contribution in [2.75, 3.05) is 119 Å². The number of aromatic nitrogens is 3. The molecule has 1 aromatic heterocycles. The van der Waals surface area contributed by atoms with Gasteiger partial charge in [0.1, 0.15) is 11.3 Å². The van der Waals surface area contributed by atoms with E-state index in [1.807, 2.05) is 20.8 Å². The van der Waals surface area contributed by atoms with Crippen LogP contribution in [0.2, 0.25) is 0 Å². The topological polar surface area (TPSA) is 209 Å². The normalized spacial score (nSPS) is 17.1. The lowest BCUT2D eigenvalue weighted by Gasteiger charge is -2.29. The minimum atomic E-state index is -0.521. The molecule has 0 radical (unpaired) electrons. The first-order chi connectivity index (χ1) is 27.6. The second kappa shape index (κ2) is 28.8. The first kappa shape index (κ1) is 47.8. The average molecular weight is 813 g/mol. The van der Waals surface area contributed by atoms with Crippen molar-refractivity contribution >= 4 is 23.8 Å². The molecular formula is C38H64N6O13. The van der Waals surface area contributed by atoms with Crippen molar-refractivity contribution in [2.45, 2.75) is 65.1 Å². The highest BCUT2D eigenvalue weighted by atomic mass is 16.6. The van der Waals surface area contributed by atoms with Gasteiger partial charge in [0.25, 0.3) is 11.8 Å². The van der Waals surface area contributed by atoms with Crippen LogP contribution in [-0.2, 0) is 70.1 Å². The Kier molecular flexibility index (Phi) is 24.1. The highest BCUT2D eigenvalue weighted by Crippen LogP contribution is 2.30. The van der Waals surface area contributed by atoms with Gasteiger partial charge < -0.3 is 53.3 Å². The monoisotopic (exact) mass is 812 g/mol. The maximum absolute atomic E-state index is 12.7. The molecule has 1 aliphatic heterocycles. The molecule has 0 bridgehead atoms. The maximum atomic E-state index is 12.7. The molecule has 0 spiro atoms. The number of hydrogen-bond acceptors (Lipinski definition) is 15. The highest BCUT2D eigenvalue weighted by Gasteiger charge is 2.31. The molecule has 57 heavy (non-hydrogen) atoms. The third-order valence-electron chi connectivity index (χ3n) is 8.57. The molecule has 2 N–H and O–H groups in total. The summed E-state index contributed by atoms with van der Waals surface area (Å²) >= 11 is 0. The highest BCUT2D eigenvalue weighted by molar-refractivity contribution is 6.12. The Morgan fingerprint density at radius 3 is 1.60 bits per heavy atom. The van der Waals surface area contributed by atoms with E-state index in [9.17, 15) is 19.2 Å². The molecule has 1 aromatic rings. The molecule has 0 saturated heterocycles. The van der Waals surface area contributed by atoms with Crippen molar-refractivity contribution in [3.05, 3.63) is 24.0 Å². The summed E-state index contributed by atoms with van der Waals surface area (Å²) in [6.07, 6.45) is 7.00. The van der Waals surface area contributed by atoms with Gasteiger partial charge in [-0.05, 0) is 52.4 Å². The van der Waals surface area contributed by atoms with Crippen LogP contribution in [0, 0.1) is 11.8 Å². The fourth-order valence-electron chi connectivity index (χ4n) is 5.67. The Morgan fingerprint density at radius 1 is 0.667 bits per heavy atom. The van der Waals surface area contributed by atoms with Crippen molar-refractivity contribution < 1.29 is 61.8 Å². The van der Waals surface area contributed by atoms with E-state index in [1.165, 1.54) is 17.1 Å². The van der Waals surface area contributed by atoms with E-state index in [-0.39, 0.29) is 29.6 Å². The van der Waals surface area contributed by atoms with E-state index < -0.39 is 11.7 Å². The van der Waals surface area contributed by atoms with Crippen LogP contribution in [0.1, 0.15) is 52.1 Å². The minimum absolute atomic E-state index is 0.0102. The molecule has 2 heterocycles. The van der Waals surface area contributed by atoms with Crippen LogP contribution in [0.3, 0.4) is 0 Å². The number of alkyl carbamates (subject to hydrolysis) is 1. The van der Waals surface area contributed by atoms with Gasteiger partial charge >= 0.3 is 6.09 Å². The SMILES string of the molecule is CC(C)(C)OC(=O)NCCOCCOCCOCCOCCOCCOCCOCCOCCn1cc(CNC(=O)C2CCC(CN3C(=O)C=CC3=O)CC2)nn1. The van der Waals surface area contributed by atoms with E-state index in [1.54, 1.807) is 10.9 Å². The van der Waals surface area contributed by atoms with Crippen LogP contribution in [0.15, 0.2) is 18.3 Å². The molecule has 0 aromatic carbocycles. The number of nitrogens with zero attached hydrogens (tertiary/aromatic N) is 4. The zero-order valence-electron chi connectivity index (χ0n) is 34.0. The van der Waals surface area contributed by atoms with Gasteiger partial charge in [0.15, 0.2) is 0 Å². The molecule has 4 amide bonds. The van der Waals surface area contributed by atoms with Gasteiger partial charge in [0.05, 0.1) is 125 Å². The quantitative estimate of drug-likeness (QED) is 0.0776. The van der Waals surface area contributed by atoms with Gasteiger partial charge in [-0.2, -0.15) is 0 Å². The second-order valence-electron chi connectivity index (χ2n) is 14.4. The summed E-state index contributed by atoms with van der Waals surface area (Å²) in [6, 6.07) is 0.